The molecule has 26 heavy (non-hydrogen) atoms. The molecule has 0 aliphatic heterocycles. The highest BCUT2D eigenvalue weighted by molar-refractivity contribution is 7.13. The van der Waals surface area contributed by atoms with Gasteiger partial charge in [-0.3, -0.25) is 0 Å². The number of para-hydroxylation sites is 1. The Kier molecular flexibility index (Phi) is 4.41. The van der Waals surface area contributed by atoms with Crippen LogP contribution in [-0.4, -0.2) is 12.1 Å². The average Bonchev–Trinajstić information content (AvgIpc) is 3.14. The average molecular weight is 365 g/mol. The molecule has 2 aromatic heterocycles. The lowest BCUT2D eigenvalue weighted by Crippen LogP contribution is -1.97. The number of benzene rings is 2. The van der Waals surface area contributed by atoms with Gasteiger partial charge in [-0.25, -0.2) is 9.78 Å². The zero-order chi connectivity index (χ0) is 17.9. The SMILES string of the molecule is COc1ccccc1-c1nc(COc2ccc3ccc(=O)oc3c2)cs1. The minimum Gasteiger partial charge on any atom is -0.496 e. The zero-order valence-electron chi connectivity index (χ0n) is 14.0. The summed E-state index contributed by atoms with van der Waals surface area (Å²) in [5.74, 6) is 1.41. The molecule has 0 unspecified atom stereocenters. The Labute approximate surface area is 153 Å². The Morgan fingerprint density at radius 3 is 2.85 bits per heavy atom. The van der Waals surface area contributed by atoms with E-state index in [4.69, 9.17) is 13.9 Å². The summed E-state index contributed by atoms with van der Waals surface area (Å²) in [7, 11) is 1.65. The zero-order valence-corrected chi connectivity index (χ0v) is 14.8. The van der Waals surface area contributed by atoms with Crippen LogP contribution in [0.5, 0.6) is 11.5 Å². The van der Waals surface area contributed by atoms with Crippen LogP contribution in [0.4, 0.5) is 0 Å². The summed E-state index contributed by atoms with van der Waals surface area (Å²) in [6.45, 7) is 0.328. The minimum atomic E-state index is -0.379. The fraction of sp³-hybridized carbons (Fsp3) is 0.100. The summed E-state index contributed by atoms with van der Waals surface area (Å²) in [5.41, 5.74) is 1.91. The molecule has 4 rings (SSSR count). The van der Waals surface area contributed by atoms with E-state index in [0.717, 1.165) is 27.4 Å². The van der Waals surface area contributed by atoms with E-state index in [1.54, 1.807) is 30.6 Å². The molecule has 0 aliphatic carbocycles. The normalized spacial score (nSPS) is 10.8. The van der Waals surface area contributed by atoms with E-state index in [0.29, 0.717) is 17.9 Å². The second-order valence-electron chi connectivity index (χ2n) is 5.59. The number of hydrogen-bond acceptors (Lipinski definition) is 6. The lowest BCUT2D eigenvalue weighted by atomic mass is 10.2. The Balaban J connectivity index is 1.52. The number of fused-ring (bicyclic) bond motifs is 1. The quantitative estimate of drug-likeness (QED) is 0.487. The highest BCUT2D eigenvalue weighted by Crippen LogP contribution is 2.32. The number of methoxy groups -OCH3 is 1. The Morgan fingerprint density at radius 2 is 1.96 bits per heavy atom. The van der Waals surface area contributed by atoms with Crippen molar-refractivity contribution in [1.82, 2.24) is 4.98 Å². The van der Waals surface area contributed by atoms with E-state index in [9.17, 15) is 4.79 Å². The Bertz CT molecular complexity index is 1120. The lowest BCUT2D eigenvalue weighted by Gasteiger charge is -2.06. The molecule has 0 atom stereocenters. The third-order valence-electron chi connectivity index (χ3n) is 3.87. The maximum atomic E-state index is 11.3. The van der Waals surface area contributed by atoms with Crippen molar-refractivity contribution in [2.75, 3.05) is 7.11 Å². The van der Waals surface area contributed by atoms with Crippen LogP contribution < -0.4 is 15.1 Å². The van der Waals surface area contributed by atoms with E-state index in [1.807, 2.05) is 41.8 Å². The standard InChI is InChI=1S/C20H15NO4S/c1-23-17-5-3-2-4-16(17)20-21-14(12-26-20)11-24-15-8-6-13-7-9-19(22)25-18(13)10-15/h2-10,12H,11H2,1H3. The molecule has 4 aromatic rings. The molecule has 0 spiro atoms. The van der Waals surface area contributed by atoms with Crippen LogP contribution in [0.25, 0.3) is 21.5 Å². The molecular weight excluding hydrogens is 350 g/mol. The van der Waals surface area contributed by atoms with Crippen LogP contribution in [-0.2, 0) is 6.61 Å². The van der Waals surface area contributed by atoms with Crippen LogP contribution in [0.1, 0.15) is 5.69 Å². The molecule has 130 valence electrons. The van der Waals surface area contributed by atoms with Gasteiger partial charge in [0.2, 0.25) is 0 Å². The first-order chi connectivity index (χ1) is 12.7. The van der Waals surface area contributed by atoms with Gasteiger partial charge in [0.1, 0.15) is 28.7 Å². The molecule has 0 saturated carbocycles. The van der Waals surface area contributed by atoms with Gasteiger partial charge in [-0.1, -0.05) is 12.1 Å². The molecule has 2 aromatic carbocycles. The van der Waals surface area contributed by atoms with E-state index >= 15 is 0 Å². The van der Waals surface area contributed by atoms with Crippen LogP contribution >= 0.6 is 11.3 Å². The van der Waals surface area contributed by atoms with Crippen molar-refractivity contribution in [3.05, 3.63) is 76.1 Å². The van der Waals surface area contributed by atoms with Crippen molar-refractivity contribution in [1.29, 1.82) is 0 Å². The summed E-state index contributed by atoms with van der Waals surface area (Å²) in [4.78, 5) is 16.0. The van der Waals surface area contributed by atoms with Crippen molar-refractivity contribution in [2.45, 2.75) is 6.61 Å². The van der Waals surface area contributed by atoms with Gasteiger partial charge in [-0.15, -0.1) is 11.3 Å². The number of thiazole rings is 1. The van der Waals surface area contributed by atoms with E-state index in [2.05, 4.69) is 4.98 Å². The van der Waals surface area contributed by atoms with Crippen LogP contribution in [0.2, 0.25) is 0 Å². The third kappa shape index (κ3) is 3.32. The monoisotopic (exact) mass is 365 g/mol. The molecule has 0 aliphatic rings. The van der Waals surface area contributed by atoms with E-state index in [-0.39, 0.29) is 5.63 Å². The highest BCUT2D eigenvalue weighted by Gasteiger charge is 2.10. The fourth-order valence-corrected chi connectivity index (χ4v) is 3.44. The molecular formula is C20H15NO4S. The maximum Gasteiger partial charge on any atom is 0.336 e. The van der Waals surface area contributed by atoms with E-state index in [1.165, 1.54) is 6.07 Å². The van der Waals surface area contributed by atoms with Crippen LogP contribution in [0.15, 0.2) is 69.2 Å². The summed E-state index contributed by atoms with van der Waals surface area (Å²) in [6.07, 6.45) is 0. The summed E-state index contributed by atoms with van der Waals surface area (Å²) >= 11 is 1.54. The predicted molar refractivity (Wildman–Crippen MR) is 101 cm³/mol. The van der Waals surface area contributed by atoms with Crippen molar-refractivity contribution in [3.63, 3.8) is 0 Å². The molecule has 6 heteroatoms. The molecule has 0 saturated heterocycles. The molecule has 5 nitrogen and oxygen atoms in total. The number of rotatable bonds is 5. The first-order valence-corrected chi connectivity index (χ1v) is 8.85. The number of hydrogen-bond donors (Lipinski definition) is 0. The van der Waals surface area contributed by atoms with Gasteiger partial charge in [0.05, 0.1) is 18.4 Å². The molecule has 0 radical (unpaired) electrons. The van der Waals surface area contributed by atoms with Crippen LogP contribution in [0.3, 0.4) is 0 Å². The second kappa shape index (κ2) is 7.01. The van der Waals surface area contributed by atoms with Crippen molar-refractivity contribution < 1.29 is 13.9 Å². The predicted octanol–water partition coefficient (Wildman–Crippen LogP) is 4.50. The molecule has 2 heterocycles. The lowest BCUT2D eigenvalue weighted by molar-refractivity contribution is 0.302. The Hall–Kier alpha value is -3.12. The van der Waals surface area contributed by atoms with Gasteiger partial charge in [0.15, 0.2) is 0 Å². The number of ether oxygens (including phenoxy) is 2. The first kappa shape index (κ1) is 16.4. The van der Waals surface area contributed by atoms with Gasteiger partial charge < -0.3 is 13.9 Å². The maximum absolute atomic E-state index is 11.3. The van der Waals surface area contributed by atoms with Crippen molar-refractivity contribution in [2.24, 2.45) is 0 Å². The highest BCUT2D eigenvalue weighted by atomic mass is 32.1. The van der Waals surface area contributed by atoms with Gasteiger partial charge in [0, 0.05) is 22.9 Å². The minimum absolute atomic E-state index is 0.328. The fourth-order valence-electron chi connectivity index (χ4n) is 2.61. The molecule has 0 N–H and O–H groups in total. The smallest absolute Gasteiger partial charge is 0.336 e. The van der Waals surface area contributed by atoms with Gasteiger partial charge in [-0.2, -0.15) is 0 Å². The molecule has 0 fully saturated rings. The summed E-state index contributed by atoms with van der Waals surface area (Å²) in [5, 5.41) is 3.69. The molecule has 0 amide bonds. The van der Waals surface area contributed by atoms with Crippen LogP contribution in [0, 0.1) is 0 Å². The topological polar surface area (TPSA) is 61.6 Å². The van der Waals surface area contributed by atoms with E-state index < -0.39 is 0 Å². The number of nitrogens with zero attached hydrogens (tertiary/aromatic N) is 1. The van der Waals surface area contributed by atoms with Crippen molar-refractivity contribution >= 4 is 22.3 Å². The third-order valence-corrected chi connectivity index (χ3v) is 4.79. The first-order valence-electron chi connectivity index (χ1n) is 7.97. The summed E-state index contributed by atoms with van der Waals surface area (Å²) < 4.78 is 16.4. The summed E-state index contributed by atoms with van der Waals surface area (Å²) in [6, 6.07) is 16.3. The van der Waals surface area contributed by atoms with Gasteiger partial charge >= 0.3 is 5.63 Å². The van der Waals surface area contributed by atoms with Crippen molar-refractivity contribution in [3.8, 4) is 22.1 Å². The Morgan fingerprint density at radius 1 is 1.12 bits per heavy atom. The largest absolute Gasteiger partial charge is 0.496 e. The number of aromatic nitrogens is 1. The van der Waals surface area contributed by atoms with Gasteiger partial charge in [-0.05, 0) is 30.3 Å². The second-order valence-corrected chi connectivity index (χ2v) is 6.45. The van der Waals surface area contributed by atoms with Gasteiger partial charge in [0.25, 0.3) is 0 Å². The molecule has 0 bridgehead atoms.